The standard InChI is InChI=1S/C18H23N3O3/c1-13(2)8-11-23-14(3)18(22)21-15-4-6-16(7-5-15)24-17-12-19-9-10-20-17/h4-7,9-10,12-14H,8,11H2,1-3H3,(H,21,22)/t14-/m1/s1. The van der Waals surface area contributed by atoms with Gasteiger partial charge in [0.05, 0.1) is 6.20 Å². The van der Waals surface area contributed by atoms with E-state index in [1.807, 2.05) is 0 Å². The van der Waals surface area contributed by atoms with Crippen LogP contribution in [0.4, 0.5) is 5.69 Å². The Kier molecular flexibility index (Phi) is 6.69. The molecule has 1 N–H and O–H groups in total. The molecule has 2 rings (SSSR count). The third-order valence-corrected chi connectivity index (χ3v) is 3.32. The van der Waals surface area contributed by atoms with Crippen molar-refractivity contribution in [3.8, 4) is 11.6 Å². The molecule has 24 heavy (non-hydrogen) atoms. The molecule has 0 fully saturated rings. The van der Waals surface area contributed by atoms with Crippen molar-refractivity contribution in [2.24, 2.45) is 5.92 Å². The van der Waals surface area contributed by atoms with E-state index in [9.17, 15) is 4.79 Å². The zero-order valence-corrected chi connectivity index (χ0v) is 14.2. The molecule has 0 aliphatic rings. The second-order valence-electron chi connectivity index (χ2n) is 5.85. The number of amides is 1. The maximum absolute atomic E-state index is 12.1. The minimum atomic E-state index is -0.487. The highest BCUT2D eigenvalue weighted by Crippen LogP contribution is 2.20. The molecule has 0 aliphatic carbocycles. The highest BCUT2D eigenvalue weighted by Gasteiger charge is 2.13. The molecule has 6 heteroatoms. The Labute approximate surface area is 142 Å². The van der Waals surface area contributed by atoms with Crippen LogP contribution in [0.2, 0.25) is 0 Å². The van der Waals surface area contributed by atoms with Gasteiger partial charge in [-0.25, -0.2) is 4.98 Å². The average molecular weight is 329 g/mol. The highest BCUT2D eigenvalue weighted by molar-refractivity contribution is 5.93. The Morgan fingerprint density at radius 2 is 1.92 bits per heavy atom. The maximum atomic E-state index is 12.1. The minimum Gasteiger partial charge on any atom is -0.438 e. The molecule has 6 nitrogen and oxygen atoms in total. The van der Waals surface area contributed by atoms with Crippen LogP contribution >= 0.6 is 0 Å². The summed E-state index contributed by atoms with van der Waals surface area (Å²) in [5.41, 5.74) is 0.686. The minimum absolute atomic E-state index is 0.165. The number of carbonyl (C=O) groups excluding carboxylic acids is 1. The maximum Gasteiger partial charge on any atom is 0.253 e. The van der Waals surface area contributed by atoms with Crippen molar-refractivity contribution in [2.75, 3.05) is 11.9 Å². The first-order valence-electron chi connectivity index (χ1n) is 8.01. The van der Waals surface area contributed by atoms with Gasteiger partial charge in [-0.05, 0) is 43.5 Å². The van der Waals surface area contributed by atoms with Crippen molar-refractivity contribution in [3.05, 3.63) is 42.9 Å². The summed E-state index contributed by atoms with van der Waals surface area (Å²) in [6.45, 7) is 6.58. The normalized spacial score (nSPS) is 12.0. The van der Waals surface area contributed by atoms with Crippen molar-refractivity contribution in [1.82, 2.24) is 9.97 Å². The zero-order valence-electron chi connectivity index (χ0n) is 14.2. The van der Waals surface area contributed by atoms with Crippen molar-refractivity contribution < 1.29 is 14.3 Å². The molecular formula is C18H23N3O3. The summed E-state index contributed by atoms with van der Waals surface area (Å²) < 4.78 is 11.1. The Balaban J connectivity index is 1.83. The summed E-state index contributed by atoms with van der Waals surface area (Å²) in [4.78, 5) is 20.1. The second-order valence-corrected chi connectivity index (χ2v) is 5.85. The van der Waals surface area contributed by atoms with Gasteiger partial charge in [-0.15, -0.1) is 0 Å². The first kappa shape index (κ1) is 17.9. The fourth-order valence-corrected chi connectivity index (χ4v) is 1.87. The Hall–Kier alpha value is -2.47. The van der Waals surface area contributed by atoms with Crippen LogP contribution in [0.15, 0.2) is 42.9 Å². The Morgan fingerprint density at radius 1 is 1.17 bits per heavy atom. The number of nitrogens with zero attached hydrogens (tertiary/aromatic N) is 2. The summed E-state index contributed by atoms with van der Waals surface area (Å²) in [6.07, 6.45) is 5.12. The van der Waals surface area contributed by atoms with Gasteiger partial charge in [0.1, 0.15) is 11.9 Å². The lowest BCUT2D eigenvalue weighted by atomic mass is 10.1. The molecule has 0 saturated carbocycles. The van der Waals surface area contributed by atoms with E-state index in [4.69, 9.17) is 9.47 Å². The number of benzene rings is 1. The van der Waals surface area contributed by atoms with E-state index >= 15 is 0 Å². The van der Waals surface area contributed by atoms with Crippen LogP contribution in [-0.4, -0.2) is 28.6 Å². The molecule has 1 atom stereocenters. The van der Waals surface area contributed by atoms with E-state index < -0.39 is 6.10 Å². The van der Waals surface area contributed by atoms with Gasteiger partial charge in [0, 0.05) is 24.7 Å². The summed E-state index contributed by atoms with van der Waals surface area (Å²) in [7, 11) is 0. The number of hydrogen-bond donors (Lipinski definition) is 1. The van der Waals surface area contributed by atoms with Crippen LogP contribution in [-0.2, 0) is 9.53 Å². The molecule has 1 amide bonds. The molecule has 0 spiro atoms. The molecule has 1 heterocycles. The topological polar surface area (TPSA) is 73.3 Å². The first-order chi connectivity index (χ1) is 11.5. The summed E-state index contributed by atoms with van der Waals surface area (Å²) in [6, 6.07) is 7.05. The molecular weight excluding hydrogens is 306 g/mol. The van der Waals surface area contributed by atoms with Gasteiger partial charge in [-0.2, -0.15) is 0 Å². The Morgan fingerprint density at radius 3 is 2.54 bits per heavy atom. The van der Waals surface area contributed by atoms with Crippen LogP contribution in [0.3, 0.4) is 0 Å². The molecule has 2 aromatic rings. The van der Waals surface area contributed by atoms with Crippen molar-refractivity contribution in [1.29, 1.82) is 0 Å². The molecule has 0 saturated heterocycles. The smallest absolute Gasteiger partial charge is 0.253 e. The third-order valence-electron chi connectivity index (χ3n) is 3.32. The number of nitrogens with one attached hydrogen (secondary N) is 1. The highest BCUT2D eigenvalue weighted by atomic mass is 16.5. The number of aromatic nitrogens is 2. The number of anilines is 1. The third kappa shape index (κ3) is 5.96. The van der Waals surface area contributed by atoms with Gasteiger partial charge < -0.3 is 14.8 Å². The van der Waals surface area contributed by atoms with Crippen LogP contribution in [0.5, 0.6) is 11.6 Å². The molecule has 0 bridgehead atoms. The number of carbonyl (C=O) groups is 1. The van der Waals surface area contributed by atoms with Crippen LogP contribution in [0, 0.1) is 5.92 Å². The summed E-state index contributed by atoms with van der Waals surface area (Å²) in [5, 5.41) is 2.82. The molecule has 1 aromatic carbocycles. The van der Waals surface area contributed by atoms with Crippen molar-refractivity contribution in [2.45, 2.75) is 33.3 Å². The number of ether oxygens (including phenoxy) is 2. The van der Waals surface area contributed by atoms with E-state index in [0.29, 0.717) is 29.8 Å². The van der Waals surface area contributed by atoms with E-state index in [-0.39, 0.29) is 5.91 Å². The van der Waals surface area contributed by atoms with Gasteiger partial charge in [-0.1, -0.05) is 13.8 Å². The fourth-order valence-electron chi connectivity index (χ4n) is 1.87. The van der Waals surface area contributed by atoms with Gasteiger partial charge in [0.15, 0.2) is 0 Å². The molecule has 128 valence electrons. The Bertz CT molecular complexity index is 630. The molecule has 1 aromatic heterocycles. The lowest BCUT2D eigenvalue weighted by Gasteiger charge is -2.14. The van der Waals surface area contributed by atoms with Crippen molar-refractivity contribution in [3.63, 3.8) is 0 Å². The lowest BCUT2D eigenvalue weighted by Crippen LogP contribution is -2.28. The van der Waals surface area contributed by atoms with Gasteiger partial charge >= 0.3 is 0 Å². The SMILES string of the molecule is CC(C)CCO[C@H](C)C(=O)Nc1ccc(Oc2cnccn2)cc1. The predicted molar refractivity (Wildman–Crippen MR) is 92.0 cm³/mol. The summed E-state index contributed by atoms with van der Waals surface area (Å²) in [5.74, 6) is 1.43. The van der Waals surface area contributed by atoms with Gasteiger partial charge in [0.2, 0.25) is 5.88 Å². The van der Waals surface area contributed by atoms with E-state index in [0.717, 1.165) is 6.42 Å². The van der Waals surface area contributed by atoms with Crippen LogP contribution in [0.25, 0.3) is 0 Å². The molecule has 0 aliphatic heterocycles. The quantitative estimate of drug-likeness (QED) is 0.800. The zero-order chi connectivity index (χ0) is 17.4. The molecule has 0 radical (unpaired) electrons. The monoisotopic (exact) mass is 329 g/mol. The number of rotatable bonds is 8. The average Bonchev–Trinajstić information content (AvgIpc) is 2.57. The lowest BCUT2D eigenvalue weighted by molar-refractivity contribution is -0.126. The van der Waals surface area contributed by atoms with E-state index in [1.165, 1.54) is 6.20 Å². The van der Waals surface area contributed by atoms with Crippen LogP contribution < -0.4 is 10.1 Å². The van der Waals surface area contributed by atoms with E-state index in [1.54, 1.807) is 43.6 Å². The largest absolute Gasteiger partial charge is 0.438 e. The fraction of sp³-hybridized carbons (Fsp3) is 0.389. The number of hydrogen-bond acceptors (Lipinski definition) is 5. The second kappa shape index (κ2) is 8.98. The van der Waals surface area contributed by atoms with Gasteiger partial charge in [-0.3, -0.25) is 9.78 Å². The van der Waals surface area contributed by atoms with Crippen LogP contribution in [0.1, 0.15) is 27.2 Å². The summed E-state index contributed by atoms with van der Waals surface area (Å²) >= 11 is 0. The van der Waals surface area contributed by atoms with Gasteiger partial charge in [0.25, 0.3) is 5.91 Å². The first-order valence-corrected chi connectivity index (χ1v) is 8.01. The van der Waals surface area contributed by atoms with Crippen molar-refractivity contribution >= 4 is 11.6 Å². The predicted octanol–water partition coefficient (Wildman–Crippen LogP) is 3.66. The van der Waals surface area contributed by atoms with E-state index in [2.05, 4.69) is 29.1 Å². The molecule has 0 unspecified atom stereocenters.